The van der Waals surface area contributed by atoms with Crippen LogP contribution in [0.2, 0.25) is 0 Å². The first-order chi connectivity index (χ1) is 4.75. The Labute approximate surface area is 61.2 Å². The Kier molecular flexibility index (Phi) is 2.31. The van der Waals surface area contributed by atoms with Crippen LogP contribution in [-0.4, -0.2) is 23.9 Å². The molecule has 0 aromatic heterocycles. The van der Waals surface area contributed by atoms with Crippen molar-refractivity contribution in [2.45, 2.75) is 25.6 Å². The predicted molar refractivity (Wildman–Crippen MR) is 38.4 cm³/mol. The van der Waals surface area contributed by atoms with Crippen LogP contribution in [0.25, 0.3) is 0 Å². The number of terminal acetylenes is 1. The Balaban J connectivity index is 2.48. The summed E-state index contributed by atoms with van der Waals surface area (Å²) in [4.78, 5) is 0. The Morgan fingerprint density at radius 3 is 2.90 bits per heavy atom. The Bertz CT molecular complexity index is 148. The van der Waals surface area contributed by atoms with Crippen LogP contribution in [-0.2, 0) is 4.74 Å². The quantitative estimate of drug-likeness (QED) is 0.534. The molecule has 0 saturated carbocycles. The molecule has 1 fully saturated rings. The van der Waals surface area contributed by atoms with E-state index in [0.29, 0.717) is 5.92 Å². The standard InChI is InChI=1S/C8H12O2/c1-3-7(9)8-6(2)4-5-10-8/h1,6-9H,4-5H2,2H3. The first kappa shape index (κ1) is 7.59. The summed E-state index contributed by atoms with van der Waals surface area (Å²) in [7, 11) is 0. The second-order valence-corrected chi connectivity index (χ2v) is 2.71. The summed E-state index contributed by atoms with van der Waals surface area (Å²) >= 11 is 0. The molecule has 1 rings (SSSR count). The maximum atomic E-state index is 9.17. The molecule has 3 atom stereocenters. The third-order valence-electron chi connectivity index (χ3n) is 1.93. The van der Waals surface area contributed by atoms with Crippen LogP contribution in [0, 0.1) is 18.3 Å². The van der Waals surface area contributed by atoms with Crippen molar-refractivity contribution in [3.63, 3.8) is 0 Å². The molecule has 1 aliphatic heterocycles. The van der Waals surface area contributed by atoms with Gasteiger partial charge in [0.15, 0.2) is 0 Å². The van der Waals surface area contributed by atoms with Crippen LogP contribution in [0.4, 0.5) is 0 Å². The van der Waals surface area contributed by atoms with E-state index in [-0.39, 0.29) is 6.10 Å². The maximum absolute atomic E-state index is 9.17. The van der Waals surface area contributed by atoms with Crippen molar-refractivity contribution >= 4 is 0 Å². The van der Waals surface area contributed by atoms with Crippen molar-refractivity contribution in [2.24, 2.45) is 5.92 Å². The first-order valence-electron chi connectivity index (χ1n) is 3.51. The average molecular weight is 140 g/mol. The fourth-order valence-electron chi connectivity index (χ4n) is 1.22. The molecule has 1 saturated heterocycles. The number of hydrogen-bond acceptors (Lipinski definition) is 2. The minimum atomic E-state index is -0.725. The molecule has 3 unspecified atom stereocenters. The molecule has 0 bridgehead atoms. The topological polar surface area (TPSA) is 29.5 Å². The number of hydrogen-bond donors (Lipinski definition) is 1. The van der Waals surface area contributed by atoms with E-state index in [0.717, 1.165) is 13.0 Å². The third-order valence-corrected chi connectivity index (χ3v) is 1.93. The molecule has 0 radical (unpaired) electrons. The van der Waals surface area contributed by atoms with Gasteiger partial charge in [0.25, 0.3) is 0 Å². The first-order valence-corrected chi connectivity index (χ1v) is 3.51. The van der Waals surface area contributed by atoms with E-state index >= 15 is 0 Å². The van der Waals surface area contributed by atoms with Crippen LogP contribution >= 0.6 is 0 Å². The molecule has 0 amide bonds. The summed E-state index contributed by atoms with van der Waals surface area (Å²) in [6, 6.07) is 0. The fourth-order valence-corrected chi connectivity index (χ4v) is 1.22. The molecule has 56 valence electrons. The monoisotopic (exact) mass is 140 g/mol. The van der Waals surface area contributed by atoms with Gasteiger partial charge in [-0.15, -0.1) is 6.42 Å². The molecule has 0 spiro atoms. The summed E-state index contributed by atoms with van der Waals surface area (Å²) in [5.41, 5.74) is 0. The lowest BCUT2D eigenvalue weighted by atomic mass is 10.0. The lowest BCUT2D eigenvalue weighted by molar-refractivity contribution is 0.0116. The van der Waals surface area contributed by atoms with E-state index in [4.69, 9.17) is 16.3 Å². The van der Waals surface area contributed by atoms with Crippen molar-refractivity contribution in [1.82, 2.24) is 0 Å². The van der Waals surface area contributed by atoms with Gasteiger partial charge in [0, 0.05) is 6.61 Å². The lowest BCUT2D eigenvalue weighted by Gasteiger charge is -2.15. The molecule has 2 heteroatoms. The van der Waals surface area contributed by atoms with Crippen molar-refractivity contribution in [1.29, 1.82) is 0 Å². The number of ether oxygens (including phenoxy) is 1. The van der Waals surface area contributed by atoms with Crippen molar-refractivity contribution in [3.8, 4) is 12.3 Å². The average Bonchev–Trinajstić information content (AvgIpc) is 2.34. The smallest absolute Gasteiger partial charge is 0.140 e. The zero-order valence-corrected chi connectivity index (χ0v) is 6.08. The normalized spacial score (nSPS) is 35.3. The summed E-state index contributed by atoms with van der Waals surface area (Å²) in [6.07, 6.45) is 5.18. The molecular formula is C8H12O2. The van der Waals surface area contributed by atoms with Crippen molar-refractivity contribution in [2.75, 3.05) is 6.61 Å². The molecule has 1 aliphatic rings. The van der Waals surface area contributed by atoms with Crippen LogP contribution in [0.5, 0.6) is 0 Å². The van der Waals surface area contributed by atoms with Gasteiger partial charge in [-0.2, -0.15) is 0 Å². The van der Waals surface area contributed by atoms with Crippen LogP contribution in [0.15, 0.2) is 0 Å². The highest BCUT2D eigenvalue weighted by Crippen LogP contribution is 2.22. The number of aliphatic hydroxyl groups is 1. The number of aliphatic hydroxyl groups excluding tert-OH is 1. The molecule has 0 aliphatic carbocycles. The SMILES string of the molecule is C#CC(O)C1OCCC1C. The summed E-state index contributed by atoms with van der Waals surface area (Å²) in [5.74, 6) is 2.66. The van der Waals surface area contributed by atoms with Gasteiger partial charge in [-0.3, -0.25) is 0 Å². The molecule has 2 nitrogen and oxygen atoms in total. The minimum Gasteiger partial charge on any atom is -0.378 e. The highest BCUT2D eigenvalue weighted by Gasteiger charge is 2.29. The molecule has 1 heterocycles. The van der Waals surface area contributed by atoms with Gasteiger partial charge < -0.3 is 9.84 Å². The van der Waals surface area contributed by atoms with E-state index in [9.17, 15) is 0 Å². The van der Waals surface area contributed by atoms with E-state index in [1.807, 2.05) is 6.92 Å². The van der Waals surface area contributed by atoms with Crippen LogP contribution in [0.3, 0.4) is 0 Å². The van der Waals surface area contributed by atoms with Crippen molar-refractivity contribution in [3.05, 3.63) is 0 Å². The highest BCUT2D eigenvalue weighted by molar-refractivity contribution is 5.00. The minimum absolute atomic E-state index is 0.134. The van der Waals surface area contributed by atoms with Gasteiger partial charge in [-0.05, 0) is 12.3 Å². The zero-order valence-electron chi connectivity index (χ0n) is 6.08. The zero-order chi connectivity index (χ0) is 7.56. The lowest BCUT2D eigenvalue weighted by Crippen LogP contribution is -2.28. The van der Waals surface area contributed by atoms with Crippen LogP contribution < -0.4 is 0 Å². The summed E-state index contributed by atoms with van der Waals surface area (Å²) < 4.78 is 5.23. The van der Waals surface area contributed by atoms with Crippen molar-refractivity contribution < 1.29 is 9.84 Å². The van der Waals surface area contributed by atoms with Gasteiger partial charge in [0.05, 0.1) is 6.10 Å². The summed E-state index contributed by atoms with van der Waals surface area (Å²) in [6.45, 7) is 2.77. The second kappa shape index (κ2) is 3.05. The predicted octanol–water partition coefficient (Wildman–Crippen LogP) is 0.405. The van der Waals surface area contributed by atoms with E-state index in [1.54, 1.807) is 0 Å². The molecule has 0 aromatic carbocycles. The van der Waals surface area contributed by atoms with E-state index < -0.39 is 6.10 Å². The fraction of sp³-hybridized carbons (Fsp3) is 0.750. The van der Waals surface area contributed by atoms with E-state index in [1.165, 1.54) is 0 Å². The largest absolute Gasteiger partial charge is 0.378 e. The van der Waals surface area contributed by atoms with Gasteiger partial charge in [-0.1, -0.05) is 12.8 Å². The number of rotatable bonds is 1. The third kappa shape index (κ3) is 1.31. The highest BCUT2D eigenvalue weighted by atomic mass is 16.5. The van der Waals surface area contributed by atoms with Gasteiger partial charge in [0.1, 0.15) is 6.10 Å². The Hall–Kier alpha value is -0.520. The van der Waals surface area contributed by atoms with Gasteiger partial charge in [-0.25, -0.2) is 0 Å². The Morgan fingerprint density at radius 2 is 2.50 bits per heavy atom. The van der Waals surface area contributed by atoms with Gasteiger partial charge in [0.2, 0.25) is 0 Å². The second-order valence-electron chi connectivity index (χ2n) is 2.71. The molecular weight excluding hydrogens is 128 g/mol. The van der Waals surface area contributed by atoms with Crippen LogP contribution in [0.1, 0.15) is 13.3 Å². The maximum Gasteiger partial charge on any atom is 0.140 e. The van der Waals surface area contributed by atoms with E-state index in [2.05, 4.69) is 5.92 Å². The molecule has 1 N–H and O–H groups in total. The summed E-state index contributed by atoms with van der Waals surface area (Å²) in [5, 5.41) is 9.17. The molecule has 10 heavy (non-hydrogen) atoms. The molecule has 0 aromatic rings. The Morgan fingerprint density at radius 1 is 1.80 bits per heavy atom. The van der Waals surface area contributed by atoms with Gasteiger partial charge >= 0.3 is 0 Å².